The summed E-state index contributed by atoms with van der Waals surface area (Å²) in [5.74, 6) is -0.745. The Labute approximate surface area is 225 Å². The smallest absolute Gasteiger partial charge is 0.464 e. The molecule has 0 rings (SSSR count). The maximum atomic E-state index is 13.2. The number of nitrogens with two attached hydrogens (primary N) is 1. The van der Waals surface area contributed by atoms with Crippen molar-refractivity contribution in [3.8, 4) is 0 Å². The van der Waals surface area contributed by atoms with Crippen molar-refractivity contribution >= 4 is 32.0 Å². The second kappa shape index (κ2) is 22.4. The van der Waals surface area contributed by atoms with E-state index in [1.54, 1.807) is 0 Å². The lowest BCUT2D eigenvalue weighted by atomic mass is 10.3. The molecule has 222 valence electrons. The largest absolute Gasteiger partial charge is 0.508 e. The van der Waals surface area contributed by atoms with Crippen LogP contribution in [0.3, 0.4) is 0 Å². The van der Waals surface area contributed by atoms with Crippen LogP contribution in [0.1, 0.15) is 65.7 Å². The maximum Gasteiger partial charge on any atom is 0.508 e. The Balaban J connectivity index is 4.79. The van der Waals surface area contributed by atoms with Gasteiger partial charge in [-0.1, -0.05) is 20.8 Å². The molecule has 0 aliphatic heterocycles. The minimum absolute atomic E-state index is 0.0178. The number of unbranched alkanes of at least 4 members (excludes halogenated alkanes) is 2. The molecule has 0 saturated carbocycles. The highest BCUT2D eigenvalue weighted by molar-refractivity contribution is 7.52. The number of rotatable bonds is 21. The van der Waals surface area contributed by atoms with Gasteiger partial charge in [-0.2, -0.15) is 0 Å². The van der Waals surface area contributed by atoms with E-state index in [4.69, 9.17) is 38.5 Å². The monoisotopic (exact) mass is 569 g/mol. The molecule has 0 unspecified atom stereocenters. The Kier molecular flexibility index (Phi) is 20.9. The van der Waals surface area contributed by atoms with E-state index in [-0.39, 0.29) is 58.8 Å². The number of hydrogen-bond acceptors (Lipinski definition) is 11. The number of ether oxygens (including phenoxy) is 5. The summed E-state index contributed by atoms with van der Waals surface area (Å²) in [6.07, 6.45) is 2.18. The third kappa shape index (κ3) is 19.5. The molecular weight excluding hydrogens is 525 g/mol. The van der Waals surface area contributed by atoms with Gasteiger partial charge in [0.1, 0.15) is 6.54 Å². The normalized spacial score (nSPS) is 11.5. The van der Waals surface area contributed by atoms with E-state index < -0.39 is 26.0 Å². The van der Waals surface area contributed by atoms with Crippen molar-refractivity contribution in [3.05, 3.63) is 0 Å². The Morgan fingerprint density at radius 2 is 1.08 bits per heavy atom. The van der Waals surface area contributed by atoms with Crippen LogP contribution in [0, 0.1) is 0 Å². The molecule has 0 amide bonds. The van der Waals surface area contributed by atoms with Crippen LogP contribution in [-0.4, -0.2) is 89.0 Å². The predicted molar refractivity (Wildman–Crippen MR) is 139 cm³/mol. The first-order valence-electron chi connectivity index (χ1n) is 12.9. The topological polar surface area (TPSA) is 175 Å². The minimum Gasteiger partial charge on any atom is -0.464 e. The van der Waals surface area contributed by atoms with Gasteiger partial charge in [0.25, 0.3) is 0 Å². The number of nitrogens with zero attached hydrogens (tertiary/aromatic N) is 2. The van der Waals surface area contributed by atoms with Gasteiger partial charge in [-0.15, -0.1) is 4.76 Å². The lowest BCUT2D eigenvalue weighted by Gasteiger charge is -2.20. The van der Waals surface area contributed by atoms with E-state index in [9.17, 15) is 18.9 Å². The fraction of sp³-hybridized carbons (Fsp3) is 0.826. The average Bonchev–Trinajstić information content (AvgIpc) is 2.88. The summed E-state index contributed by atoms with van der Waals surface area (Å²) in [6.45, 7) is 6.41. The van der Waals surface area contributed by atoms with Crippen LogP contribution in [0.4, 0.5) is 9.59 Å². The highest BCUT2D eigenvalue weighted by atomic mass is 31.2. The van der Waals surface area contributed by atoms with Crippen molar-refractivity contribution in [2.45, 2.75) is 65.7 Å². The third-order valence-electron chi connectivity index (χ3n) is 4.32. The van der Waals surface area contributed by atoms with Gasteiger partial charge < -0.3 is 34.3 Å². The van der Waals surface area contributed by atoms with Crippen molar-refractivity contribution in [3.63, 3.8) is 0 Å². The fourth-order valence-corrected chi connectivity index (χ4v) is 3.68. The first-order chi connectivity index (χ1) is 18.2. The molecule has 0 aliphatic rings. The molecule has 0 atom stereocenters. The fourth-order valence-electron chi connectivity index (χ4n) is 2.37. The van der Waals surface area contributed by atoms with E-state index in [0.717, 1.165) is 0 Å². The zero-order valence-electron chi connectivity index (χ0n) is 23.0. The van der Waals surface area contributed by atoms with E-state index in [1.165, 1.54) is 11.9 Å². The number of esters is 1. The zero-order chi connectivity index (χ0) is 28.7. The average molecular weight is 570 g/mol. The van der Waals surface area contributed by atoms with E-state index in [1.807, 2.05) is 20.8 Å². The molecule has 15 heteroatoms. The van der Waals surface area contributed by atoms with Crippen LogP contribution in [0.2, 0.25) is 0 Å². The summed E-state index contributed by atoms with van der Waals surface area (Å²) in [5.41, 5.74) is 5.92. The van der Waals surface area contributed by atoms with Crippen LogP contribution < -0.4 is 5.73 Å². The van der Waals surface area contributed by atoms with Gasteiger partial charge >= 0.3 is 26.0 Å². The number of carbonyl (C=O) groups is 3. The lowest BCUT2D eigenvalue weighted by Crippen LogP contribution is -2.38. The number of carbonyl (C=O) groups excluding carboxylic acids is 3. The van der Waals surface area contributed by atoms with Crippen LogP contribution in [-0.2, 0) is 42.1 Å². The molecule has 0 saturated heterocycles. The molecule has 0 spiro atoms. The summed E-state index contributed by atoms with van der Waals surface area (Å²) >= 11 is 0. The molecule has 38 heavy (non-hydrogen) atoms. The van der Waals surface area contributed by atoms with E-state index >= 15 is 0 Å². The summed E-state index contributed by atoms with van der Waals surface area (Å²) in [6, 6.07) is 0. The van der Waals surface area contributed by atoms with Crippen molar-refractivity contribution in [1.82, 2.24) is 4.90 Å². The molecule has 0 radical (unpaired) electrons. The SMILES string of the molecule is CCCOC(=O)CN(C)/C(N)=N/P(=O)(OCCCCOC(=O)OCCC)OCCCCOC(=O)OCCC. The van der Waals surface area contributed by atoms with Crippen molar-refractivity contribution in [2.75, 3.05) is 59.8 Å². The standard InChI is InChI=1S/C23H44N3O11P/c1-5-12-31-20(27)19-26(4)21(24)25-38(30,36-17-10-8-15-34-22(28)32-13-6-2)37-18-11-9-16-35-23(29)33-14-7-3/h5-19H2,1-4H3,(H2,24,25,30). The second-order valence-electron chi connectivity index (χ2n) is 7.98. The van der Waals surface area contributed by atoms with Gasteiger partial charge in [-0.05, 0) is 44.9 Å². The summed E-state index contributed by atoms with van der Waals surface area (Å²) in [5, 5.41) is 0. The summed E-state index contributed by atoms with van der Waals surface area (Å²) in [7, 11) is -2.57. The van der Waals surface area contributed by atoms with Crippen molar-refractivity contribution < 1.29 is 51.7 Å². The van der Waals surface area contributed by atoms with E-state index in [0.29, 0.717) is 44.9 Å². The van der Waals surface area contributed by atoms with Gasteiger partial charge in [-0.25, -0.2) is 14.2 Å². The number of hydrogen-bond donors (Lipinski definition) is 1. The summed E-state index contributed by atoms with van der Waals surface area (Å²) in [4.78, 5) is 35.8. The minimum atomic E-state index is -4.05. The lowest BCUT2D eigenvalue weighted by molar-refractivity contribution is -0.143. The molecule has 0 aliphatic carbocycles. The predicted octanol–water partition coefficient (Wildman–Crippen LogP) is 4.01. The molecule has 0 aromatic carbocycles. The molecule has 0 aromatic heterocycles. The second-order valence-corrected chi connectivity index (χ2v) is 9.63. The summed E-state index contributed by atoms with van der Waals surface area (Å²) < 4.78 is 52.5. The van der Waals surface area contributed by atoms with Crippen LogP contribution in [0.25, 0.3) is 0 Å². The van der Waals surface area contributed by atoms with Gasteiger partial charge in [0, 0.05) is 7.05 Å². The van der Waals surface area contributed by atoms with Crippen LogP contribution in [0.5, 0.6) is 0 Å². The van der Waals surface area contributed by atoms with Gasteiger partial charge in [0.15, 0.2) is 0 Å². The molecule has 2 N–H and O–H groups in total. The van der Waals surface area contributed by atoms with Crippen molar-refractivity contribution in [1.29, 1.82) is 0 Å². The number of guanidine groups is 1. The quantitative estimate of drug-likeness (QED) is 0.0524. The first-order valence-corrected chi connectivity index (χ1v) is 14.4. The number of likely N-dealkylation sites (N-methyl/N-ethyl adjacent to an activating group) is 1. The van der Waals surface area contributed by atoms with Gasteiger partial charge in [-0.3, -0.25) is 13.8 Å². The van der Waals surface area contributed by atoms with E-state index in [2.05, 4.69) is 4.76 Å². The molecule has 0 aromatic rings. The molecule has 0 bridgehead atoms. The molecular formula is C23H44N3O11P. The Hall–Kier alpha value is -2.57. The Bertz CT molecular complexity index is 716. The Morgan fingerprint density at radius 1 is 0.684 bits per heavy atom. The van der Waals surface area contributed by atoms with Crippen LogP contribution in [0.15, 0.2) is 4.76 Å². The van der Waals surface area contributed by atoms with Crippen molar-refractivity contribution in [2.24, 2.45) is 10.5 Å². The maximum absolute atomic E-state index is 13.2. The molecule has 0 heterocycles. The molecule has 14 nitrogen and oxygen atoms in total. The first kappa shape index (κ1) is 35.4. The van der Waals surface area contributed by atoms with Gasteiger partial charge in [0.2, 0.25) is 5.96 Å². The highest BCUT2D eigenvalue weighted by Crippen LogP contribution is 2.50. The highest BCUT2D eigenvalue weighted by Gasteiger charge is 2.26. The molecule has 0 fully saturated rings. The van der Waals surface area contributed by atoms with Crippen LogP contribution >= 0.6 is 7.75 Å². The zero-order valence-corrected chi connectivity index (χ0v) is 23.9. The Morgan fingerprint density at radius 3 is 1.53 bits per heavy atom. The van der Waals surface area contributed by atoms with Gasteiger partial charge in [0.05, 0.1) is 46.2 Å². The third-order valence-corrected chi connectivity index (χ3v) is 5.79.